The van der Waals surface area contributed by atoms with Gasteiger partial charge in [0.1, 0.15) is 11.3 Å². The summed E-state index contributed by atoms with van der Waals surface area (Å²) in [5.74, 6) is 1.07. The molecular formula is C25H33N3O3. The molecule has 1 N–H and O–H groups in total. The van der Waals surface area contributed by atoms with E-state index in [0.717, 1.165) is 19.3 Å². The van der Waals surface area contributed by atoms with E-state index in [1.807, 2.05) is 45.2 Å². The largest absolute Gasteiger partial charge is 0.444 e. The Labute approximate surface area is 184 Å². The highest BCUT2D eigenvalue weighted by Crippen LogP contribution is 2.46. The number of aromatic nitrogens is 1. The molecule has 31 heavy (non-hydrogen) atoms. The molecule has 2 fully saturated rings. The van der Waals surface area contributed by atoms with Crippen molar-refractivity contribution in [3.8, 4) is 0 Å². The lowest BCUT2D eigenvalue weighted by Gasteiger charge is -2.34. The summed E-state index contributed by atoms with van der Waals surface area (Å²) in [6, 6.07) is 14.6. The van der Waals surface area contributed by atoms with Gasteiger partial charge in [0.2, 0.25) is 0 Å². The highest BCUT2D eigenvalue weighted by atomic mass is 16.6. The molecule has 2 aromatic rings. The van der Waals surface area contributed by atoms with Crippen molar-refractivity contribution in [1.82, 2.24) is 14.8 Å². The summed E-state index contributed by atoms with van der Waals surface area (Å²) in [5, 5.41) is 3.13. The summed E-state index contributed by atoms with van der Waals surface area (Å²) in [6.45, 7) is 7.63. The minimum atomic E-state index is -0.485. The summed E-state index contributed by atoms with van der Waals surface area (Å²) in [5.41, 5.74) is 1.58. The molecule has 1 saturated carbocycles. The Kier molecular flexibility index (Phi) is 6.08. The van der Waals surface area contributed by atoms with Gasteiger partial charge in [-0.2, -0.15) is 0 Å². The average Bonchev–Trinajstić information content (AvgIpc) is 3.36. The van der Waals surface area contributed by atoms with Gasteiger partial charge < -0.3 is 19.5 Å². The molecule has 0 radical (unpaired) electrons. The number of hydrogen-bond donors (Lipinski definition) is 1. The first kappa shape index (κ1) is 21.5. The van der Waals surface area contributed by atoms with Crippen LogP contribution in [0.25, 0.3) is 0 Å². The fourth-order valence-corrected chi connectivity index (χ4v) is 4.45. The molecule has 2 unspecified atom stereocenters. The lowest BCUT2D eigenvalue weighted by Crippen LogP contribution is -2.42. The molecule has 4 rings (SSSR count). The predicted octanol–water partition coefficient (Wildman–Crippen LogP) is 4.59. The number of carbonyl (C=O) groups excluding carboxylic acids is 2. The molecule has 0 spiro atoms. The van der Waals surface area contributed by atoms with E-state index < -0.39 is 5.60 Å². The molecule has 1 aliphatic carbocycles. The number of piperidine rings is 1. The quantitative estimate of drug-likeness (QED) is 0.765. The number of benzene rings is 1. The van der Waals surface area contributed by atoms with Gasteiger partial charge in [0.15, 0.2) is 0 Å². The van der Waals surface area contributed by atoms with Crippen molar-refractivity contribution in [3.05, 3.63) is 59.9 Å². The molecule has 1 aromatic heterocycles. The van der Waals surface area contributed by atoms with E-state index in [1.165, 1.54) is 5.56 Å². The van der Waals surface area contributed by atoms with Gasteiger partial charge in [0, 0.05) is 31.9 Å². The second-order valence-electron chi connectivity index (χ2n) is 9.72. The molecule has 1 saturated heterocycles. The summed E-state index contributed by atoms with van der Waals surface area (Å²) < 4.78 is 7.55. The van der Waals surface area contributed by atoms with Crippen LogP contribution in [-0.2, 0) is 4.74 Å². The minimum Gasteiger partial charge on any atom is -0.444 e. The SMILES string of the molecule is CC(C)(C)OC(=O)N1CCC(n2cccc2C(=O)NCC2CC2c2ccccc2)CC1. The van der Waals surface area contributed by atoms with Crippen molar-refractivity contribution in [2.45, 2.75) is 57.6 Å². The molecule has 1 aromatic carbocycles. The lowest BCUT2D eigenvalue weighted by atomic mass is 10.0. The van der Waals surface area contributed by atoms with Crippen molar-refractivity contribution < 1.29 is 14.3 Å². The minimum absolute atomic E-state index is 0.0155. The third-order valence-electron chi connectivity index (χ3n) is 6.20. The summed E-state index contributed by atoms with van der Waals surface area (Å²) in [6.07, 6.45) is 4.48. The van der Waals surface area contributed by atoms with Crippen LogP contribution < -0.4 is 5.32 Å². The van der Waals surface area contributed by atoms with Crippen molar-refractivity contribution in [3.63, 3.8) is 0 Å². The molecule has 2 amide bonds. The highest BCUT2D eigenvalue weighted by molar-refractivity contribution is 5.92. The maximum Gasteiger partial charge on any atom is 0.410 e. The van der Waals surface area contributed by atoms with Gasteiger partial charge in [-0.05, 0) is 69.6 Å². The van der Waals surface area contributed by atoms with E-state index in [9.17, 15) is 9.59 Å². The number of amides is 2. The van der Waals surface area contributed by atoms with Crippen LogP contribution in [0.4, 0.5) is 4.79 Å². The fraction of sp³-hybridized carbons (Fsp3) is 0.520. The Bertz CT molecular complexity index is 908. The Morgan fingerprint density at radius 2 is 1.77 bits per heavy atom. The number of ether oxygens (including phenoxy) is 1. The molecule has 2 heterocycles. The highest BCUT2D eigenvalue weighted by Gasteiger charge is 2.38. The van der Waals surface area contributed by atoms with Crippen molar-refractivity contribution in [2.75, 3.05) is 19.6 Å². The molecule has 0 bridgehead atoms. The molecule has 1 aliphatic heterocycles. The van der Waals surface area contributed by atoms with Crippen LogP contribution in [0.1, 0.15) is 68.0 Å². The van der Waals surface area contributed by atoms with Crippen LogP contribution in [0, 0.1) is 5.92 Å². The maximum atomic E-state index is 12.9. The van der Waals surface area contributed by atoms with Gasteiger partial charge in [-0.3, -0.25) is 4.79 Å². The zero-order chi connectivity index (χ0) is 22.0. The van der Waals surface area contributed by atoms with E-state index in [0.29, 0.717) is 37.2 Å². The third-order valence-corrected chi connectivity index (χ3v) is 6.20. The summed E-state index contributed by atoms with van der Waals surface area (Å²) in [7, 11) is 0. The van der Waals surface area contributed by atoms with Gasteiger partial charge in [-0.15, -0.1) is 0 Å². The second kappa shape index (κ2) is 8.77. The predicted molar refractivity (Wildman–Crippen MR) is 120 cm³/mol. The number of hydrogen-bond acceptors (Lipinski definition) is 3. The number of likely N-dealkylation sites (tertiary alicyclic amines) is 1. The Morgan fingerprint density at radius 1 is 1.06 bits per heavy atom. The Morgan fingerprint density at radius 3 is 2.45 bits per heavy atom. The van der Waals surface area contributed by atoms with Crippen LogP contribution in [0.5, 0.6) is 0 Å². The fourth-order valence-electron chi connectivity index (χ4n) is 4.45. The summed E-state index contributed by atoms with van der Waals surface area (Å²) in [4.78, 5) is 26.9. The Balaban J connectivity index is 1.28. The van der Waals surface area contributed by atoms with Gasteiger partial charge in [0.05, 0.1) is 0 Å². The van der Waals surface area contributed by atoms with E-state index in [2.05, 4.69) is 34.1 Å². The van der Waals surface area contributed by atoms with Crippen LogP contribution >= 0.6 is 0 Å². The molecule has 2 aliphatic rings. The van der Waals surface area contributed by atoms with Gasteiger partial charge in [-0.25, -0.2) is 4.79 Å². The normalized spacial score (nSPS) is 21.6. The monoisotopic (exact) mass is 423 g/mol. The standard InChI is InChI=1S/C25H33N3O3/c1-25(2,3)31-24(30)27-14-11-20(12-15-27)28-13-7-10-22(28)23(29)26-17-19-16-21(19)18-8-5-4-6-9-18/h4-10,13,19-21H,11-12,14-17H2,1-3H3,(H,26,29). The first-order chi connectivity index (χ1) is 14.8. The zero-order valence-electron chi connectivity index (χ0n) is 18.7. The van der Waals surface area contributed by atoms with Crippen LogP contribution in [0.2, 0.25) is 0 Å². The third kappa shape index (κ3) is 5.30. The van der Waals surface area contributed by atoms with Crippen LogP contribution in [-0.4, -0.2) is 46.7 Å². The van der Waals surface area contributed by atoms with Gasteiger partial charge >= 0.3 is 6.09 Å². The first-order valence-electron chi connectivity index (χ1n) is 11.3. The van der Waals surface area contributed by atoms with Gasteiger partial charge in [-0.1, -0.05) is 30.3 Å². The van der Waals surface area contributed by atoms with E-state index in [-0.39, 0.29) is 18.0 Å². The molecule has 6 heteroatoms. The molecular weight excluding hydrogens is 390 g/mol. The molecule has 2 atom stereocenters. The molecule has 6 nitrogen and oxygen atoms in total. The first-order valence-corrected chi connectivity index (χ1v) is 11.3. The van der Waals surface area contributed by atoms with Crippen molar-refractivity contribution in [2.24, 2.45) is 5.92 Å². The topological polar surface area (TPSA) is 63.6 Å². The van der Waals surface area contributed by atoms with Crippen LogP contribution in [0.3, 0.4) is 0 Å². The van der Waals surface area contributed by atoms with E-state index in [4.69, 9.17) is 4.74 Å². The zero-order valence-corrected chi connectivity index (χ0v) is 18.7. The Hall–Kier alpha value is -2.76. The van der Waals surface area contributed by atoms with Gasteiger partial charge in [0.25, 0.3) is 5.91 Å². The number of nitrogens with one attached hydrogen (secondary N) is 1. The second-order valence-corrected chi connectivity index (χ2v) is 9.72. The van der Waals surface area contributed by atoms with Crippen molar-refractivity contribution >= 4 is 12.0 Å². The lowest BCUT2D eigenvalue weighted by molar-refractivity contribution is 0.0187. The van der Waals surface area contributed by atoms with Crippen LogP contribution in [0.15, 0.2) is 48.7 Å². The molecule has 166 valence electrons. The number of nitrogens with zero attached hydrogens (tertiary/aromatic N) is 2. The number of rotatable bonds is 5. The van der Waals surface area contributed by atoms with E-state index >= 15 is 0 Å². The number of carbonyl (C=O) groups is 2. The van der Waals surface area contributed by atoms with Crippen molar-refractivity contribution in [1.29, 1.82) is 0 Å². The maximum absolute atomic E-state index is 12.9. The average molecular weight is 424 g/mol. The smallest absolute Gasteiger partial charge is 0.410 e. The summed E-state index contributed by atoms with van der Waals surface area (Å²) >= 11 is 0. The van der Waals surface area contributed by atoms with E-state index in [1.54, 1.807) is 4.90 Å².